The van der Waals surface area contributed by atoms with Gasteiger partial charge in [-0.05, 0) is 36.1 Å². The van der Waals surface area contributed by atoms with Crippen molar-refractivity contribution in [2.24, 2.45) is 10.8 Å². The lowest BCUT2D eigenvalue weighted by atomic mass is 9.70. The summed E-state index contributed by atoms with van der Waals surface area (Å²) in [4.78, 5) is 0. The first-order chi connectivity index (χ1) is 8.66. The summed E-state index contributed by atoms with van der Waals surface area (Å²) in [7, 11) is -0.955. The van der Waals surface area contributed by atoms with Gasteiger partial charge in [-0.2, -0.15) is 0 Å². The smallest absolute Gasteiger partial charge is 0.0625 e. The Labute approximate surface area is 128 Å². The average molecular weight is 313 g/mol. The number of rotatable bonds is 2. The van der Waals surface area contributed by atoms with Crippen LogP contribution in [0.1, 0.15) is 33.1 Å². The van der Waals surface area contributed by atoms with Crippen LogP contribution >= 0.6 is 23.5 Å². The third kappa shape index (κ3) is 2.48. The molecule has 2 atom stereocenters. The van der Waals surface area contributed by atoms with Gasteiger partial charge in [-0.15, -0.1) is 23.5 Å². The van der Waals surface area contributed by atoms with Gasteiger partial charge in [-0.25, -0.2) is 0 Å². The molecule has 2 fully saturated rings. The van der Waals surface area contributed by atoms with Crippen LogP contribution in [0.5, 0.6) is 0 Å². The molecule has 3 aliphatic rings. The Morgan fingerprint density at radius 2 is 1.74 bits per heavy atom. The summed E-state index contributed by atoms with van der Waals surface area (Å²) in [5.41, 5.74) is 2.82. The first-order valence-electron chi connectivity index (χ1n) is 7.64. The molecule has 0 radical (unpaired) electrons. The van der Waals surface area contributed by atoms with E-state index in [0.29, 0.717) is 14.9 Å². The largest absolute Gasteiger partial charge is 0.143 e. The fourth-order valence-corrected chi connectivity index (χ4v) is 10.1. The van der Waals surface area contributed by atoms with Crippen LogP contribution in [0.15, 0.2) is 11.6 Å². The molecule has 2 aliphatic carbocycles. The molecule has 1 heterocycles. The van der Waals surface area contributed by atoms with Crippen LogP contribution in [-0.2, 0) is 0 Å². The summed E-state index contributed by atoms with van der Waals surface area (Å²) in [6, 6.07) is 1.42. The predicted octanol–water partition coefficient (Wildman–Crippen LogP) is 5.64. The molecule has 19 heavy (non-hydrogen) atoms. The summed E-state index contributed by atoms with van der Waals surface area (Å²) in [6.07, 6.45) is 6.97. The first kappa shape index (κ1) is 14.6. The van der Waals surface area contributed by atoms with Gasteiger partial charge in [0.05, 0.1) is 4.08 Å². The Bertz CT molecular complexity index is 417. The molecular weight excluding hydrogens is 284 g/mol. The van der Waals surface area contributed by atoms with Gasteiger partial charge >= 0.3 is 0 Å². The van der Waals surface area contributed by atoms with E-state index in [1.165, 1.54) is 36.8 Å². The van der Waals surface area contributed by atoms with E-state index < -0.39 is 8.07 Å². The van der Waals surface area contributed by atoms with Crippen LogP contribution in [0.25, 0.3) is 0 Å². The Morgan fingerprint density at radius 3 is 2.26 bits per heavy atom. The summed E-state index contributed by atoms with van der Waals surface area (Å²) in [5.74, 6) is 2.75. The van der Waals surface area contributed by atoms with E-state index in [1.807, 2.05) is 0 Å². The third-order valence-corrected chi connectivity index (χ3v) is 10.3. The van der Waals surface area contributed by atoms with Gasteiger partial charge < -0.3 is 0 Å². The molecule has 108 valence electrons. The minimum Gasteiger partial charge on any atom is -0.143 e. The van der Waals surface area contributed by atoms with Crippen molar-refractivity contribution < 1.29 is 0 Å². The summed E-state index contributed by atoms with van der Waals surface area (Å²) >= 11 is 4.53. The van der Waals surface area contributed by atoms with E-state index in [0.717, 1.165) is 0 Å². The van der Waals surface area contributed by atoms with E-state index >= 15 is 0 Å². The van der Waals surface area contributed by atoms with Crippen molar-refractivity contribution in [3.63, 3.8) is 0 Å². The van der Waals surface area contributed by atoms with Gasteiger partial charge in [0.25, 0.3) is 0 Å². The quantitative estimate of drug-likeness (QED) is 0.478. The fraction of sp³-hybridized carbons (Fsp3) is 0.875. The monoisotopic (exact) mass is 312 g/mol. The molecule has 0 aromatic heterocycles. The zero-order valence-corrected chi connectivity index (χ0v) is 15.8. The molecule has 0 aromatic carbocycles. The van der Waals surface area contributed by atoms with Gasteiger partial charge in [0.1, 0.15) is 0 Å². The highest BCUT2D eigenvalue weighted by atomic mass is 32.2. The van der Waals surface area contributed by atoms with Crippen molar-refractivity contribution >= 4 is 31.6 Å². The van der Waals surface area contributed by atoms with Gasteiger partial charge in [-0.1, -0.05) is 45.1 Å². The van der Waals surface area contributed by atoms with E-state index in [2.05, 4.69) is 63.1 Å². The lowest BCUT2D eigenvalue weighted by molar-refractivity contribution is 0.188. The van der Waals surface area contributed by atoms with Crippen LogP contribution in [0.2, 0.25) is 25.7 Å². The van der Waals surface area contributed by atoms with Crippen molar-refractivity contribution in [3.8, 4) is 0 Å². The maximum Gasteiger partial charge on any atom is 0.0625 e. The first-order valence-corrected chi connectivity index (χ1v) is 13.3. The topological polar surface area (TPSA) is 0 Å². The molecule has 3 rings (SSSR count). The number of hydrogen-bond donors (Lipinski definition) is 0. The molecular formula is C16H28S2Si. The molecule has 0 unspecified atom stereocenters. The fourth-order valence-electron chi connectivity index (χ4n) is 4.62. The highest BCUT2D eigenvalue weighted by Gasteiger charge is 2.61. The zero-order valence-electron chi connectivity index (χ0n) is 13.1. The van der Waals surface area contributed by atoms with E-state index in [1.54, 1.807) is 5.57 Å². The molecule has 3 heteroatoms. The molecule has 0 nitrogen and oxygen atoms in total. The van der Waals surface area contributed by atoms with Crippen LogP contribution in [0, 0.1) is 10.8 Å². The third-order valence-electron chi connectivity index (χ3n) is 5.39. The average Bonchev–Trinajstić information content (AvgIpc) is 2.74. The minimum atomic E-state index is -0.955. The second kappa shape index (κ2) is 4.33. The number of thioether (sulfide) groups is 2. The molecule has 0 bridgehead atoms. The molecule has 1 aliphatic heterocycles. The predicted molar refractivity (Wildman–Crippen MR) is 93.9 cm³/mol. The molecule has 0 amide bonds. The van der Waals surface area contributed by atoms with Crippen molar-refractivity contribution in [3.05, 3.63) is 11.6 Å². The van der Waals surface area contributed by atoms with Gasteiger partial charge in [0.2, 0.25) is 0 Å². The normalized spacial score (nSPS) is 40.8. The zero-order chi connectivity index (χ0) is 13.9. The maximum absolute atomic E-state index is 2.72. The number of fused-ring (bicyclic) bond motifs is 1. The van der Waals surface area contributed by atoms with Crippen molar-refractivity contribution in [2.75, 3.05) is 11.5 Å². The summed E-state index contributed by atoms with van der Waals surface area (Å²) in [6.45, 7) is 12.7. The van der Waals surface area contributed by atoms with Gasteiger partial charge in [0, 0.05) is 19.6 Å². The highest BCUT2D eigenvalue weighted by Crippen LogP contribution is 2.71. The Kier molecular flexibility index (Phi) is 3.32. The SMILES string of the molecule is C[C@@]12CC(C[Si](C)(C)C)=C[C@]1(C)CC1(C2)SCCS1. The highest BCUT2D eigenvalue weighted by molar-refractivity contribution is 8.21. The van der Waals surface area contributed by atoms with Crippen LogP contribution < -0.4 is 0 Å². The lowest BCUT2D eigenvalue weighted by Crippen LogP contribution is -2.26. The second-order valence-electron chi connectivity index (χ2n) is 8.66. The van der Waals surface area contributed by atoms with Crippen molar-refractivity contribution in [2.45, 2.75) is 62.9 Å². The van der Waals surface area contributed by atoms with Crippen LogP contribution in [0.3, 0.4) is 0 Å². The number of hydrogen-bond acceptors (Lipinski definition) is 2. The molecule has 1 saturated heterocycles. The Hall–Kier alpha value is 0.657. The number of allylic oxidation sites excluding steroid dienone is 2. The molecule has 1 saturated carbocycles. The van der Waals surface area contributed by atoms with E-state index in [4.69, 9.17) is 0 Å². The van der Waals surface area contributed by atoms with Gasteiger partial charge in [-0.3, -0.25) is 0 Å². The van der Waals surface area contributed by atoms with E-state index in [-0.39, 0.29) is 0 Å². The lowest BCUT2D eigenvalue weighted by Gasteiger charge is -2.33. The molecule has 0 N–H and O–H groups in total. The molecule has 1 spiro atoms. The van der Waals surface area contributed by atoms with Crippen LogP contribution in [-0.4, -0.2) is 23.7 Å². The second-order valence-corrected chi connectivity index (χ2v) is 17.3. The van der Waals surface area contributed by atoms with Gasteiger partial charge in [0.15, 0.2) is 0 Å². The Balaban J connectivity index is 1.83. The summed E-state index contributed by atoms with van der Waals surface area (Å²) in [5, 5.41) is 0. The summed E-state index contributed by atoms with van der Waals surface area (Å²) < 4.78 is 0.574. The van der Waals surface area contributed by atoms with Crippen molar-refractivity contribution in [1.82, 2.24) is 0 Å². The minimum absolute atomic E-state index is 0.478. The molecule has 0 aromatic rings. The Morgan fingerprint density at radius 1 is 1.11 bits per heavy atom. The van der Waals surface area contributed by atoms with E-state index in [9.17, 15) is 0 Å². The van der Waals surface area contributed by atoms with Crippen LogP contribution in [0.4, 0.5) is 0 Å². The standard InChI is InChI=1S/C16H28S2Si/c1-14-8-13(10-19(3,4)5)9-15(14,2)12-16(11-14)17-6-7-18-16/h8H,6-7,9-12H2,1-5H3/t14-,15+/m1/s1. The van der Waals surface area contributed by atoms with Crippen molar-refractivity contribution in [1.29, 1.82) is 0 Å². The maximum atomic E-state index is 2.72.